The number of hydrogen-bond donors (Lipinski definition) is 2. The molecule has 5 heteroatoms. The quantitative estimate of drug-likeness (QED) is 0.810. The number of carbonyl (C=O) groups excluding carboxylic acids is 1. The Morgan fingerprint density at radius 3 is 2.55 bits per heavy atom. The number of hydrogen-bond acceptors (Lipinski definition) is 3. The lowest BCUT2D eigenvalue weighted by atomic mass is 9.79. The smallest absolute Gasteiger partial charge is 0.222 e. The molecular formula is C17H25ClN2O2. The van der Waals surface area contributed by atoms with Crippen LogP contribution in [0.2, 0.25) is 5.02 Å². The predicted octanol–water partition coefficient (Wildman–Crippen LogP) is 2.63. The summed E-state index contributed by atoms with van der Waals surface area (Å²) in [4.78, 5) is 12.1. The van der Waals surface area contributed by atoms with Gasteiger partial charge >= 0.3 is 0 Å². The molecule has 0 saturated heterocycles. The van der Waals surface area contributed by atoms with Crippen LogP contribution < -0.4 is 11.1 Å². The highest BCUT2D eigenvalue weighted by Gasteiger charge is 2.35. The van der Waals surface area contributed by atoms with Gasteiger partial charge in [-0.1, -0.05) is 36.6 Å². The minimum Gasteiger partial charge on any atom is -0.380 e. The van der Waals surface area contributed by atoms with Crippen molar-refractivity contribution in [3.63, 3.8) is 0 Å². The van der Waals surface area contributed by atoms with E-state index in [1.165, 1.54) is 18.4 Å². The van der Waals surface area contributed by atoms with Crippen LogP contribution in [0.3, 0.4) is 0 Å². The number of methoxy groups -OCH3 is 1. The van der Waals surface area contributed by atoms with Gasteiger partial charge in [-0.05, 0) is 30.5 Å². The van der Waals surface area contributed by atoms with Crippen LogP contribution in [0.15, 0.2) is 24.3 Å². The Morgan fingerprint density at radius 1 is 1.36 bits per heavy atom. The van der Waals surface area contributed by atoms with Crippen LogP contribution in [0.4, 0.5) is 0 Å². The highest BCUT2D eigenvalue weighted by atomic mass is 35.5. The van der Waals surface area contributed by atoms with E-state index >= 15 is 0 Å². The second-order valence-electron chi connectivity index (χ2n) is 6.07. The van der Waals surface area contributed by atoms with Crippen molar-refractivity contribution in [2.45, 2.75) is 43.6 Å². The molecule has 1 atom stereocenters. The van der Waals surface area contributed by atoms with Crippen LogP contribution in [0, 0.1) is 0 Å². The summed E-state index contributed by atoms with van der Waals surface area (Å²) in [6.07, 6.45) is 4.68. The van der Waals surface area contributed by atoms with E-state index < -0.39 is 0 Å². The highest BCUT2D eigenvalue weighted by Crippen LogP contribution is 2.40. The summed E-state index contributed by atoms with van der Waals surface area (Å²) in [5, 5.41) is 3.81. The molecule has 2 rings (SSSR count). The number of benzene rings is 1. The van der Waals surface area contributed by atoms with Gasteiger partial charge in [0.1, 0.15) is 0 Å². The maximum atomic E-state index is 12.1. The molecule has 1 aromatic rings. The van der Waals surface area contributed by atoms with Crippen molar-refractivity contribution in [2.75, 3.05) is 20.2 Å². The van der Waals surface area contributed by atoms with E-state index in [-0.39, 0.29) is 17.4 Å². The maximum Gasteiger partial charge on any atom is 0.222 e. The first-order chi connectivity index (χ1) is 10.6. The third kappa shape index (κ3) is 4.22. The van der Waals surface area contributed by atoms with E-state index in [0.29, 0.717) is 19.5 Å². The molecule has 0 heterocycles. The number of halogens is 1. The minimum atomic E-state index is -0.213. The number of carbonyl (C=O) groups is 1. The standard InChI is InChI=1S/C17H25ClN2O2/c1-22-15(11-19)10-16(21)20-12-17(8-2-3-9-17)13-4-6-14(18)7-5-13/h4-7,15H,2-3,8-12,19H2,1H3,(H,20,21). The molecule has 0 radical (unpaired) electrons. The van der Waals surface area contributed by atoms with Gasteiger partial charge in [0.05, 0.1) is 12.5 Å². The van der Waals surface area contributed by atoms with Gasteiger partial charge in [0.15, 0.2) is 0 Å². The van der Waals surface area contributed by atoms with Crippen LogP contribution >= 0.6 is 11.6 Å². The summed E-state index contributed by atoms with van der Waals surface area (Å²) in [7, 11) is 1.58. The van der Waals surface area contributed by atoms with E-state index in [1.807, 2.05) is 12.1 Å². The lowest BCUT2D eigenvalue weighted by Crippen LogP contribution is -2.41. The first-order valence-electron chi connectivity index (χ1n) is 7.85. The van der Waals surface area contributed by atoms with Crippen LogP contribution in [0.1, 0.15) is 37.7 Å². The van der Waals surface area contributed by atoms with Gasteiger partial charge in [0.25, 0.3) is 0 Å². The summed E-state index contributed by atoms with van der Waals surface area (Å²) in [5.74, 6) is -0.00228. The average molecular weight is 325 g/mol. The Hall–Kier alpha value is -1.10. The lowest BCUT2D eigenvalue weighted by Gasteiger charge is -2.30. The van der Waals surface area contributed by atoms with Crippen molar-refractivity contribution < 1.29 is 9.53 Å². The molecule has 3 N–H and O–H groups in total. The molecule has 1 aliphatic carbocycles. The zero-order valence-electron chi connectivity index (χ0n) is 13.1. The third-order valence-electron chi connectivity index (χ3n) is 4.65. The van der Waals surface area contributed by atoms with Gasteiger partial charge in [-0.2, -0.15) is 0 Å². The molecule has 122 valence electrons. The normalized spacial score (nSPS) is 18.1. The number of amides is 1. The lowest BCUT2D eigenvalue weighted by molar-refractivity contribution is -0.123. The monoisotopic (exact) mass is 324 g/mol. The van der Waals surface area contributed by atoms with Gasteiger partial charge in [-0.15, -0.1) is 0 Å². The fourth-order valence-electron chi connectivity index (χ4n) is 3.23. The van der Waals surface area contributed by atoms with Crippen molar-refractivity contribution in [3.05, 3.63) is 34.9 Å². The third-order valence-corrected chi connectivity index (χ3v) is 4.90. The fraction of sp³-hybridized carbons (Fsp3) is 0.588. The summed E-state index contributed by atoms with van der Waals surface area (Å²) in [6, 6.07) is 8.01. The Bertz CT molecular complexity index is 480. The molecule has 22 heavy (non-hydrogen) atoms. The maximum absolute atomic E-state index is 12.1. The molecule has 0 aliphatic heterocycles. The van der Waals surface area contributed by atoms with E-state index in [2.05, 4.69) is 17.4 Å². The molecular weight excluding hydrogens is 300 g/mol. The van der Waals surface area contributed by atoms with Crippen molar-refractivity contribution in [1.29, 1.82) is 0 Å². The van der Waals surface area contributed by atoms with Gasteiger partial charge in [-0.3, -0.25) is 4.79 Å². The minimum absolute atomic E-state index is 0.00228. The van der Waals surface area contributed by atoms with Gasteiger partial charge in [0.2, 0.25) is 5.91 Å². The molecule has 0 spiro atoms. The van der Waals surface area contributed by atoms with Crippen molar-refractivity contribution in [2.24, 2.45) is 5.73 Å². The van der Waals surface area contributed by atoms with E-state index in [9.17, 15) is 4.79 Å². The molecule has 1 unspecified atom stereocenters. The van der Waals surface area contributed by atoms with E-state index in [4.69, 9.17) is 22.1 Å². The predicted molar refractivity (Wildman–Crippen MR) is 89.1 cm³/mol. The summed E-state index contributed by atoms with van der Waals surface area (Å²) in [5.41, 5.74) is 6.86. The molecule has 0 bridgehead atoms. The Morgan fingerprint density at radius 2 is 2.00 bits per heavy atom. The SMILES string of the molecule is COC(CN)CC(=O)NCC1(c2ccc(Cl)cc2)CCCC1. The highest BCUT2D eigenvalue weighted by molar-refractivity contribution is 6.30. The average Bonchev–Trinajstić information content (AvgIpc) is 3.01. The Labute approximate surface area is 137 Å². The van der Waals surface area contributed by atoms with E-state index in [0.717, 1.165) is 17.9 Å². The fourth-order valence-corrected chi connectivity index (χ4v) is 3.36. The number of rotatable bonds is 7. The van der Waals surface area contributed by atoms with Crippen molar-refractivity contribution >= 4 is 17.5 Å². The molecule has 1 aliphatic rings. The van der Waals surface area contributed by atoms with Crippen molar-refractivity contribution in [1.82, 2.24) is 5.32 Å². The topological polar surface area (TPSA) is 64.3 Å². The number of nitrogens with two attached hydrogens (primary N) is 1. The van der Waals surface area contributed by atoms with E-state index in [1.54, 1.807) is 7.11 Å². The Kier molecular flexibility index (Phi) is 6.24. The van der Waals surface area contributed by atoms with Gasteiger partial charge in [-0.25, -0.2) is 0 Å². The summed E-state index contributed by atoms with van der Waals surface area (Å²) in [6.45, 7) is 1.01. The second-order valence-corrected chi connectivity index (χ2v) is 6.51. The van der Waals surface area contributed by atoms with Crippen LogP contribution in [-0.2, 0) is 14.9 Å². The zero-order valence-corrected chi connectivity index (χ0v) is 13.9. The summed E-state index contributed by atoms with van der Waals surface area (Å²) < 4.78 is 5.16. The second kappa shape index (κ2) is 7.95. The molecule has 4 nitrogen and oxygen atoms in total. The Balaban J connectivity index is 2.00. The van der Waals surface area contributed by atoms with Crippen LogP contribution in [0.25, 0.3) is 0 Å². The first-order valence-corrected chi connectivity index (χ1v) is 8.23. The molecule has 1 aromatic carbocycles. The van der Waals surface area contributed by atoms with Crippen molar-refractivity contribution in [3.8, 4) is 0 Å². The van der Waals surface area contributed by atoms with Crippen LogP contribution in [0.5, 0.6) is 0 Å². The number of ether oxygens (including phenoxy) is 1. The number of nitrogens with one attached hydrogen (secondary N) is 1. The zero-order chi connectivity index (χ0) is 16.0. The molecule has 1 fully saturated rings. The van der Waals surface area contributed by atoms with Gasteiger partial charge < -0.3 is 15.8 Å². The molecule has 1 saturated carbocycles. The largest absolute Gasteiger partial charge is 0.380 e. The first kappa shape index (κ1) is 17.3. The molecule has 1 amide bonds. The van der Waals surface area contributed by atoms with Gasteiger partial charge in [0, 0.05) is 30.6 Å². The van der Waals surface area contributed by atoms with Crippen LogP contribution in [-0.4, -0.2) is 32.2 Å². The summed E-state index contributed by atoms with van der Waals surface area (Å²) >= 11 is 5.99. The molecule has 0 aromatic heterocycles.